The lowest BCUT2D eigenvalue weighted by atomic mass is 10.1. The standard InChI is InChI=1S/C19H24N4O3/c1-12-8-13(2)23(22-12)11-14-4-6-15(7-5-14)18(24)21-16-9-17(20-10-16)19(25)26-3/h4-8,16-17,20H,9-11H2,1-3H3,(H,21,24)/t16-,17+/m0/s1. The van der Waals surface area contributed by atoms with Crippen LogP contribution in [0.25, 0.3) is 0 Å². The molecule has 2 atom stereocenters. The van der Waals surface area contributed by atoms with Crippen LogP contribution in [0, 0.1) is 13.8 Å². The van der Waals surface area contributed by atoms with Gasteiger partial charge in [0.05, 0.1) is 19.3 Å². The van der Waals surface area contributed by atoms with Crippen molar-refractivity contribution in [2.24, 2.45) is 0 Å². The Morgan fingerprint density at radius 3 is 2.65 bits per heavy atom. The van der Waals surface area contributed by atoms with Gasteiger partial charge in [0.15, 0.2) is 0 Å². The van der Waals surface area contributed by atoms with Crippen molar-refractivity contribution in [1.82, 2.24) is 20.4 Å². The van der Waals surface area contributed by atoms with Crippen molar-refractivity contribution in [2.45, 2.75) is 38.9 Å². The second kappa shape index (κ2) is 7.70. The number of ether oxygens (including phenoxy) is 1. The second-order valence-corrected chi connectivity index (χ2v) is 6.67. The topological polar surface area (TPSA) is 85.2 Å². The van der Waals surface area contributed by atoms with E-state index >= 15 is 0 Å². The number of hydrogen-bond donors (Lipinski definition) is 2. The summed E-state index contributed by atoms with van der Waals surface area (Å²) in [4.78, 5) is 23.9. The highest BCUT2D eigenvalue weighted by molar-refractivity contribution is 5.94. The van der Waals surface area contributed by atoms with Crippen molar-refractivity contribution < 1.29 is 14.3 Å². The number of nitrogens with one attached hydrogen (secondary N) is 2. The van der Waals surface area contributed by atoms with E-state index in [0.29, 0.717) is 25.1 Å². The zero-order chi connectivity index (χ0) is 18.7. The van der Waals surface area contributed by atoms with Gasteiger partial charge in [0.2, 0.25) is 0 Å². The predicted molar refractivity (Wildman–Crippen MR) is 96.9 cm³/mol. The molecule has 26 heavy (non-hydrogen) atoms. The fourth-order valence-electron chi connectivity index (χ4n) is 3.21. The average Bonchev–Trinajstić information content (AvgIpc) is 3.21. The molecule has 0 aliphatic carbocycles. The average molecular weight is 356 g/mol. The van der Waals surface area contributed by atoms with Gasteiger partial charge in [-0.3, -0.25) is 14.3 Å². The van der Waals surface area contributed by atoms with E-state index in [-0.39, 0.29) is 24.0 Å². The first-order valence-electron chi connectivity index (χ1n) is 8.68. The van der Waals surface area contributed by atoms with E-state index in [4.69, 9.17) is 4.74 Å². The summed E-state index contributed by atoms with van der Waals surface area (Å²) in [6, 6.07) is 9.12. The second-order valence-electron chi connectivity index (χ2n) is 6.67. The van der Waals surface area contributed by atoms with E-state index in [1.54, 1.807) is 0 Å². The highest BCUT2D eigenvalue weighted by atomic mass is 16.5. The number of hydrogen-bond acceptors (Lipinski definition) is 5. The number of methoxy groups -OCH3 is 1. The molecule has 7 nitrogen and oxygen atoms in total. The van der Waals surface area contributed by atoms with Crippen molar-refractivity contribution >= 4 is 11.9 Å². The Labute approximate surface area is 152 Å². The van der Waals surface area contributed by atoms with Crippen LogP contribution in [-0.4, -0.2) is 47.4 Å². The van der Waals surface area contributed by atoms with Gasteiger partial charge in [-0.1, -0.05) is 12.1 Å². The molecule has 0 radical (unpaired) electrons. The maximum Gasteiger partial charge on any atom is 0.322 e. The molecule has 138 valence electrons. The van der Waals surface area contributed by atoms with Gasteiger partial charge in [-0.05, 0) is 44.0 Å². The zero-order valence-corrected chi connectivity index (χ0v) is 15.3. The fourth-order valence-corrected chi connectivity index (χ4v) is 3.21. The summed E-state index contributed by atoms with van der Waals surface area (Å²) in [5, 5.41) is 10.5. The molecular formula is C19H24N4O3. The zero-order valence-electron chi connectivity index (χ0n) is 15.3. The van der Waals surface area contributed by atoms with Crippen LogP contribution in [0.5, 0.6) is 0 Å². The van der Waals surface area contributed by atoms with Crippen molar-refractivity contribution in [3.8, 4) is 0 Å². The van der Waals surface area contributed by atoms with Crippen molar-refractivity contribution in [3.63, 3.8) is 0 Å². The molecule has 7 heteroatoms. The Hall–Kier alpha value is -2.67. The third kappa shape index (κ3) is 4.11. The molecule has 0 saturated carbocycles. The molecule has 0 spiro atoms. The van der Waals surface area contributed by atoms with Gasteiger partial charge in [0.1, 0.15) is 6.04 Å². The molecule has 2 aromatic rings. The third-order valence-electron chi connectivity index (χ3n) is 4.60. The number of esters is 1. The third-order valence-corrected chi connectivity index (χ3v) is 4.60. The summed E-state index contributed by atoms with van der Waals surface area (Å²) >= 11 is 0. The van der Waals surface area contributed by atoms with Crippen LogP contribution in [-0.2, 0) is 16.1 Å². The van der Waals surface area contributed by atoms with Crippen LogP contribution in [0.4, 0.5) is 0 Å². The van der Waals surface area contributed by atoms with Crippen LogP contribution < -0.4 is 10.6 Å². The number of rotatable bonds is 5. The van der Waals surface area contributed by atoms with Crippen LogP contribution in [0.15, 0.2) is 30.3 Å². The van der Waals surface area contributed by atoms with Crippen LogP contribution in [0.3, 0.4) is 0 Å². The lowest BCUT2D eigenvalue weighted by Gasteiger charge is -2.12. The molecule has 0 unspecified atom stereocenters. The number of aryl methyl sites for hydroxylation is 2. The van der Waals surface area contributed by atoms with Crippen LogP contribution >= 0.6 is 0 Å². The smallest absolute Gasteiger partial charge is 0.322 e. The molecule has 1 fully saturated rings. The molecule has 1 saturated heterocycles. The first kappa shape index (κ1) is 18.1. The van der Waals surface area contributed by atoms with E-state index in [2.05, 4.69) is 15.7 Å². The number of carbonyl (C=O) groups excluding carboxylic acids is 2. The summed E-state index contributed by atoms with van der Waals surface area (Å²) in [5.74, 6) is -0.435. The van der Waals surface area contributed by atoms with Crippen molar-refractivity contribution in [1.29, 1.82) is 0 Å². The summed E-state index contributed by atoms with van der Waals surface area (Å²) in [6.07, 6.45) is 0.536. The quantitative estimate of drug-likeness (QED) is 0.786. The first-order valence-corrected chi connectivity index (χ1v) is 8.68. The number of aromatic nitrogens is 2. The van der Waals surface area contributed by atoms with E-state index in [1.807, 2.05) is 48.9 Å². The first-order chi connectivity index (χ1) is 12.5. The molecule has 3 rings (SSSR count). The number of nitrogens with zero attached hydrogens (tertiary/aromatic N) is 2. The summed E-state index contributed by atoms with van der Waals surface area (Å²) in [5.41, 5.74) is 3.79. The highest BCUT2D eigenvalue weighted by Gasteiger charge is 2.31. The summed E-state index contributed by atoms with van der Waals surface area (Å²) in [6.45, 7) is 5.23. The molecule has 1 aliphatic rings. The Morgan fingerprint density at radius 1 is 1.31 bits per heavy atom. The molecule has 1 aromatic carbocycles. The van der Waals surface area contributed by atoms with Gasteiger partial charge >= 0.3 is 5.97 Å². The number of benzene rings is 1. The molecular weight excluding hydrogens is 332 g/mol. The molecule has 2 heterocycles. The molecule has 0 bridgehead atoms. The van der Waals surface area contributed by atoms with Gasteiger partial charge in [-0.2, -0.15) is 5.10 Å². The van der Waals surface area contributed by atoms with Crippen LogP contribution in [0.1, 0.15) is 33.7 Å². The van der Waals surface area contributed by atoms with Gasteiger partial charge in [0.25, 0.3) is 5.91 Å². The van der Waals surface area contributed by atoms with E-state index in [0.717, 1.165) is 17.0 Å². The predicted octanol–water partition coefficient (Wildman–Crippen LogP) is 1.18. The maximum atomic E-state index is 12.4. The van der Waals surface area contributed by atoms with Gasteiger partial charge < -0.3 is 15.4 Å². The fraction of sp³-hybridized carbons (Fsp3) is 0.421. The van der Waals surface area contributed by atoms with Gasteiger partial charge in [-0.15, -0.1) is 0 Å². The van der Waals surface area contributed by atoms with Crippen molar-refractivity contribution in [3.05, 3.63) is 52.8 Å². The van der Waals surface area contributed by atoms with E-state index < -0.39 is 0 Å². The van der Waals surface area contributed by atoms with E-state index in [9.17, 15) is 9.59 Å². The molecule has 1 aliphatic heterocycles. The maximum absolute atomic E-state index is 12.4. The normalized spacial score (nSPS) is 19.3. The lowest BCUT2D eigenvalue weighted by molar-refractivity contribution is -0.142. The van der Waals surface area contributed by atoms with Gasteiger partial charge in [0, 0.05) is 23.8 Å². The van der Waals surface area contributed by atoms with Crippen LogP contribution in [0.2, 0.25) is 0 Å². The minimum atomic E-state index is -0.353. The molecule has 1 aromatic heterocycles. The molecule has 2 N–H and O–H groups in total. The largest absolute Gasteiger partial charge is 0.468 e. The number of carbonyl (C=O) groups is 2. The highest BCUT2D eigenvalue weighted by Crippen LogP contribution is 2.12. The minimum absolute atomic E-state index is 0.0824. The Kier molecular flexibility index (Phi) is 5.37. The van der Waals surface area contributed by atoms with E-state index in [1.165, 1.54) is 7.11 Å². The summed E-state index contributed by atoms with van der Waals surface area (Å²) in [7, 11) is 1.36. The Balaban J connectivity index is 1.57. The molecule has 1 amide bonds. The summed E-state index contributed by atoms with van der Waals surface area (Å²) < 4.78 is 6.67. The minimum Gasteiger partial charge on any atom is -0.468 e. The monoisotopic (exact) mass is 356 g/mol. The van der Waals surface area contributed by atoms with Gasteiger partial charge in [-0.25, -0.2) is 0 Å². The van der Waals surface area contributed by atoms with Crippen molar-refractivity contribution in [2.75, 3.05) is 13.7 Å². The number of amides is 1. The SMILES string of the molecule is COC(=O)[C@H]1C[C@H](NC(=O)c2ccc(Cn3nc(C)cc3C)cc2)CN1. The Morgan fingerprint density at radius 2 is 2.04 bits per heavy atom. The lowest BCUT2D eigenvalue weighted by Crippen LogP contribution is -2.36. The Bertz CT molecular complexity index is 798.